The van der Waals surface area contributed by atoms with E-state index in [1.165, 1.54) is 0 Å². The minimum absolute atomic E-state index is 0.0406. The molecule has 0 aliphatic heterocycles. The molecular formula is C16H24ClNO3. The Morgan fingerprint density at radius 1 is 1.19 bits per heavy atom. The van der Waals surface area contributed by atoms with Crippen LogP contribution in [0.2, 0.25) is 5.02 Å². The highest BCUT2D eigenvalue weighted by atomic mass is 35.5. The predicted octanol–water partition coefficient (Wildman–Crippen LogP) is 2.74. The molecule has 0 fully saturated rings. The van der Waals surface area contributed by atoms with Crippen molar-refractivity contribution in [1.29, 1.82) is 0 Å². The highest BCUT2D eigenvalue weighted by molar-refractivity contribution is 6.30. The molecule has 0 N–H and O–H groups in total. The van der Waals surface area contributed by atoms with Crippen LogP contribution in [0.1, 0.15) is 19.4 Å². The number of hydrogen-bond acceptors (Lipinski definition) is 3. The number of methoxy groups -OCH3 is 2. The fourth-order valence-electron chi connectivity index (χ4n) is 2.11. The van der Waals surface area contributed by atoms with E-state index < -0.39 is 5.41 Å². The number of hydrogen-bond donors (Lipinski definition) is 0. The molecule has 1 aromatic carbocycles. The molecule has 0 heterocycles. The molecule has 0 aromatic heterocycles. The van der Waals surface area contributed by atoms with Gasteiger partial charge in [0.1, 0.15) is 0 Å². The van der Waals surface area contributed by atoms with Crippen LogP contribution < -0.4 is 0 Å². The van der Waals surface area contributed by atoms with Gasteiger partial charge < -0.3 is 14.4 Å². The van der Waals surface area contributed by atoms with Crippen LogP contribution in [0, 0.1) is 0 Å². The lowest BCUT2D eigenvalue weighted by Crippen LogP contribution is -2.46. The first-order valence-electron chi connectivity index (χ1n) is 6.96. The van der Waals surface area contributed by atoms with Gasteiger partial charge in [-0.1, -0.05) is 23.7 Å². The molecule has 0 saturated carbocycles. The molecule has 0 saturated heterocycles. The highest BCUT2D eigenvalue weighted by Crippen LogP contribution is 2.27. The van der Waals surface area contributed by atoms with Crippen LogP contribution in [-0.2, 0) is 19.7 Å². The summed E-state index contributed by atoms with van der Waals surface area (Å²) in [6, 6.07) is 7.43. The largest absolute Gasteiger partial charge is 0.383 e. The summed E-state index contributed by atoms with van der Waals surface area (Å²) in [6.07, 6.45) is 0. The highest BCUT2D eigenvalue weighted by Gasteiger charge is 2.33. The zero-order valence-electron chi connectivity index (χ0n) is 13.2. The number of carbonyl (C=O) groups excluding carboxylic acids is 1. The van der Waals surface area contributed by atoms with Gasteiger partial charge in [-0.2, -0.15) is 0 Å². The van der Waals surface area contributed by atoms with Crippen molar-refractivity contribution < 1.29 is 14.3 Å². The van der Waals surface area contributed by atoms with E-state index >= 15 is 0 Å². The van der Waals surface area contributed by atoms with Gasteiger partial charge in [-0.25, -0.2) is 0 Å². The molecule has 0 radical (unpaired) electrons. The lowest BCUT2D eigenvalue weighted by molar-refractivity contribution is -0.137. The minimum atomic E-state index is -0.646. The lowest BCUT2D eigenvalue weighted by atomic mass is 9.83. The van der Waals surface area contributed by atoms with Gasteiger partial charge in [0.25, 0.3) is 0 Å². The molecule has 0 bridgehead atoms. The summed E-state index contributed by atoms with van der Waals surface area (Å²) < 4.78 is 10.2. The standard InChI is InChI=1S/C16H24ClNO3/c1-16(2,13-6-5-7-14(17)12-13)15(19)18(8-10-20-3)9-11-21-4/h5-7,12H,8-11H2,1-4H3. The first-order valence-corrected chi connectivity index (χ1v) is 7.34. The smallest absolute Gasteiger partial charge is 0.232 e. The second-order valence-electron chi connectivity index (χ2n) is 5.41. The Balaban J connectivity index is 2.93. The van der Waals surface area contributed by atoms with Crippen LogP contribution >= 0.6 is 11.6 Å². The molecule has 4 nitrogen and oxygen atoms in total. The van der Waals surface area contributed by atoms with Gasteiger partial charge in [-0.05, 0) is 31.5 Å². The lowest BCUT2D eigenvalue weighted by Gasteiger charge is -2.32. The van der Waals surface area contributed by atoms with Crippen molar-refractivity contribution in [3.05, 3.63) is 34.9 Å². The van der Waals surface area contributed by atoms with Crippen LogP contribution in [0.15, 0.2) is 24.3 Å². The number of amides is 1. The molecule has 1 amide bonds. The summed E-state index contributed by atoms with van der Waals surface area (Å²) >= 11 is 6.04. The molecule has 1 rings (SSSR count). The van der Waals surface area contributed by atoms with Crippen molar-refractivity contribution in [2.75, 3.05) is 40.5 Å². The number of rotatable bonds is 8. The van der Waals surface area contributed by atoms with E-state index in [9.17, 15) is 4.79 Å². The number of nitrogens with zero attached hydrogens (tertiary/aromatic N) is 1. The quantitative estimate of drug-likeness (QED) is 0.741. The van der Waals surface area contributed by atoms with Gasteiger partial charge in [0, 0.05) is 32.3 Å². The Morgan fingerprint density at radius 2 is 1.76 bits per heavy atom. The molecule has 0 unspecified atom stereocenters. The summed E-state index contributed by atoms with van der Waals surface area (Å²) in [4.78, 5) is 14.6. The zero-order chi connectivity index (χ0) is 15.9. The number of carbonyl (C=O) groups is 1. The summed E-state index contributed by atoms with van der Waals surface area (Å²) in [5.74, 6) is 0.0406. The molecule has 118 valence electrons. The first kappa shape index (κ1) is 18.0. The molecule has 0 spiro atoms. The van der Waals surface area contributed by atoms with E-state index in [0.717, 1.165) is 5.56 Å². The summed E-state index contributed by atoms with van der Waals surface area (Å²) in [6.45, 7) is 5.91. The first-order chi connectivity index (χ1) is 9.93. The molecule has 1 aromatic rings. The third-order valence-corrected chi connectivity index (χ3v) is 3.73. The maximum atomic E-state index is 12.9. The van der Waals surface area contributed by atoms with Gasteiger partial charge >= 0.3 is 0 Å². The van der Waals surface area contributed by atoms with Gasteiger partial charge in [0.05, 0.1) is 18.6 Å². The molecule has 0 aliphatic carbocycles. The maximum Gasteiger partial charge on any atom is 0.232 e. The number of benzene rings is 1. The second kappa shape index (κ2) is 8.37. The molecule has 21 heavy (non-hydrogen) atoms. The van der Waals surface area contributed by atoms with E-state index in [4.69, 9.17) is 21.1 Å². The van der Waals surface area contributed by atoms with E-state index in [0.29, 0.717) is 31.3 Å². The Labute approximate surface area is 132 Å². The van der Waals surface area contributed by atoms with E-state index in [1.54, 1.807) is 25.2 Å². The number of ether oxygens (including phenoxy) is 2. The van der Waals surface area contributed by atoms with Crippen molar-refractivity contribution in [2.45, 2.75) is 19.3 Å². The molecular weight excluding hydrogens is 290 g/mol. The Bertz CT molecular complexity index is 455. The Hall–Kier alpha value is -1.10. The molecule has 0 atom stereocenters. The van der Waals surface area contributed by atoms with E-state index in [1.807, 2.05) is 32.0 Å². The van der Waals surface area contributed by atoms with Crippen LogP contribution in [0.3, 0.4) is 0 Å². The van der Waals surface area contributed by atoms with Crippen molar-refractivity contribution in [3.63, 3.8) is 0 Å². The predicted molar refractivity (Wildman–Crippen MR) is 84.8 cm³/mol. The average Bonchev–Trinajstić information content (AvgIpc) is 2.47. The zero-order valence-corrected chi connectivity index (χ0v) is 13.9. The van der Waals surface area contributed by atoms with E-state index in [-0.39, 0.29) is 5.91 Å². The Kier molecular flexibility index (Phi) is 7.15. The molecule has 5 heteroatoms. The Morgan fingerprint density at radius 3 is 2.24 bits per heavy atom. The van der Waals surface area contributed by atoms with E-state index in [2.05, 4.69) is 0 Å². The normalized spacial score (nSPS) is 11.5. The average molecular weight is 314 g/mol. The van der Waals surface area contributed by atoms with Gasteiger partial charge in [-0.15, -0.1) is 0 Å². The number of halogens is 1. The van der Waals surface area contributed by atoms with Crippen molar-refractivity contribution in [3.8, 4) is 0 Å². The van der Waals surface area contributed by atoms with Crippen LogP contribution in [-0.4, -0.2) is 51.3 Å². The maximum absolute atomic E-state index is 12.9. The van der Waals surface area contributed by atoms with Gasteiger partial charge in [0.15, 0.2) is 0 Å². The van der Waals surface area contributed by atoms with Gasteiger partial charge in [-0.3, -0.25) is 4.79 Å². The van der Waals surface area contributed by atoms with Gasteiger partial charge in [0.2, 0.25) is 5.91 Å². The summed E-state index contributed by atoms with van der Waals surface area (Å²) in [7, 11) is 3.25. The second-order valence-corrected chi connectivity index (χ2v) is 5.85. The summed E-state index contributed by atoms with van der Waals surface area (Å²) in [5, 5.41) is 0.633. The fourth-order valence-corrected chi connectivity index (χ4v) is 2.30. The fraction of sp³-hybridized carbons (Fsp3) is 0.562. The van der Waals surface area contributed by atoms with Crippen LogP contribution in [0.5, 0.6) is 0 Å². The third-order valence-electron chi connectivity index (χ3n) is 3.50. The minimum Gasteiger partial charge on any atom is -0.383 e. The molecule has 0 aliphatic rings. The van der Waals surface area contributed by atoms with Crippen molar-refractivity contribution in [2.24, 2.45) is 0 Å². The van der Waals surface area contributed by atoms with Crippen molar-refractivity contribution >= 4 is 17.5 Å². The topological polar surface area (TPSA) is 38.8 Å². The third kappa shape index (κ3) is 4.99. The monoisotopic (exact) mass is 313 g/mol. The van der Waals surface area contributed by atoms with Crippen molar-refractivity contribution in [1.82, 2.24) is 4.90 Å². The van der Waals surface area contributed by atoms with Crippen LogP contribution in [0.4, 0.5) is 0 Å². The SMILES string of the molecule is COCCN(CCOC)C(=O)C(C)(C)c1cccc(Cl)c1. The summed E-state index contributed by atoms with van der Waals surface area (Å²) in [5.41, 5.74) is 0.256. The van der Waals surface area contributed by atoms with Crippen LogP contribution in [0.25, 0.3) is 0 Å².